The Balaban J connectivity index is 2.66. The summed E-state index contributed by atoms with van der Waals surface area (Å²) in [6.07, 6.45) is 1.52. The van der Waals surface area contributed by atoms with Crippen LogP contribution in [-0.4, -0.2) is 12.1 Å². The number of thioether (sulfide) groups is 1. The molecule has 0 aliphatic carbocycles. The number of benzene rings is 1. The van der Waals surface area contributed by atoms with E-state index in [0.717, 1.165) is 18.4 Å². The molecule has 2 N–H and O–H groups in total. The minimum Gasteiger partial charge on any atom is -0.330 e. The van der Waals surface area contributed by atoms with E-state index in [4.69, 9.17) is 5.73 Å². The number of halogens is 3. The Bertz CT molecular complexity index is 312. The zero-order chi connectivity index (χ0) is 11.3. The second-order valence-corrected chi connectivity index (χ2v) is 4.23. The van der Waals surface area contributed by atoms with Gasteiger partial charge in [-0.2, -0.15) is 13.2 Å². The molecule has 0 aliphatic heterocycles. The van der Waals surface area contributed by atoms with Gasteiger partial charge in [-0.1, -0.05) is 12.1 Å². The lowest BCUT2D eigenvalue weighted by molar-refractivity contribution is -0.0328. The van der Waals surface area contributed by atoms with Crippen molar-refractivity contribution >= 4 is 11.8 Å². The summed E-state index contributed by atoms with van der Waals surface area (Å²) in [5.74, 6) is 0. The quantitative estimate of drug-likeness (QED) is 0.811. The molecule has 84 valence electrons. The van der Waals surface area contributed by atoms with Gasteiger partial charge in [0.2, 0.25) is 0 Å². The van der Waals surface area contributed by atoms with E-state index in [0.29, 0.717) is 6.54 Å². The van der Waals surface area contributed by atoms with Gasteiger partial charge in [-0.15, -0.1) is 0 Å². The van der Waals surface area contributed by atoms with Crippen LogP contribution in [0.1, 0.15) is 12.0 Å². The third-order valence-electron chi connectivity index (χ3n) is 1.80. The molecule has 15 heavy (non-hydrogen) atoms. The molecule has 0 spiro atoms. The topological polar surface area (TPSA) is 26.0 Å². The second-order valence-electron chi connectivity index (χ2n) is 3.09. The summed E-state index contributed by atoms with van der Waals surface area (Å²) >= 11 is -0.0829. The maximum Gasteiger partial charge on any atom is 0.446 e. The number of rotatable bonds is 4. The summed E-state index contributed by atoms with van der Waals surface area (Å²) in [6.45, 7) is 0.552. The van der Waals surface area contributed by atoms with Crippen LogP contribution in [0.2, 0.25) is 0 Å². The van der Waals surface area contributed by atoms with Gasteiger partial charge in [0.15, 0.2) is 0 Å². The number of hydrogen-bond acceptors (Lipinski definition) is 2. The Kier molecular flexibility index (Phi) is 4.47. The van der Waals surface area contributed by atoms with Crippen LogP contribution in [0.25, 0.3) is 0 Å². The molecule has 0 atom stereocenters. The van der Waals surface area contributed by atoms with E-state index in [9.17, 15) is 13.2 Å². The SMILES string of the molecule is NCCCc1cccc(SC(F)(F)F)c1. The number of aryl methyl sites for hydroxylation is 1. The first-order valence-corrected chi connectivity index (χ1v) is 5.37. The maximum atomic E-state index is 12.1. The van der Waals surface area contributed by atoms with Gasteiger partial charge in [0.05, 0.1) is 0 Å². The Morgan fingerprint density at radius 2 is 2.00 bits per heavy atom. The molecule has 1 rings (SSSR count). The van der Waals surface area contributed by atoms with Crippen LogP contribution in [0.15, 0.2) is 29.2 Å². The molecular weight excluding hydrogens is 223 g/mol. The largest absolute Gasteiger partial charge is 0.446 e. The molecular formula is C10H12F3NS. The van der Waals surface area contributed by atoms with Gasteiger partial charge in [0, 0.05) is 4.90 Å². The first kappa shape index (κ1) is 12.4. The van der Waals surface area contributed by atoms with E-state index < -0.39 is 5.51 Å². The van der Waals surface area contributed by atoms with E-state index >= 15 is 0 Å². The summed E-state index contributed by atoms with van der Waals surface area (Å²) in [6, 6.07) is 6.48. The highest BCUT2D eigenvalue weighted by molar-refractivity contribution is 8.00. The van der Waals surface area contributed by atoms with Crippen molar-refractivity contribution in [2.24, 2.45) is 5.73 Å². The molecule has 0 aromatic heterocycles. The standard InChI is InChI=1S/C10H12F3NS/c11-10(12,13)15-9-5-1-3-8(7-9)4-2-6-14/h1,3,5,7H,2,4,6,14H2. The van der Waals surface area contributed by atoms with Crippen LogP contribution < -0.4 is 5.73 Å². The molecule has 1 aromatic carbocycles. The molecule has 0 fully saturated rings. The van der Waals surface area contributed by atoms with Crippen LogP contribution in [0.3, 0.4) is 0 Å². The van der Waals surface area contributed by atoms with Crippen molar-refractivity contribution in [3.63, 3.8) is 0 Å². The lowest BCUT2D eigenvalue weighted by Crippen LogP contribution is -2.01. The molecule has 0 aliphatic rings. The number of alkyl halides is 3. The van der Waals surface area contributed by atoms with Gasteiger partial charge in [-0.05, 0) is 48.8 Å². The smallest absolute Gasteiger partial charge is 0.330 e. The lowest BCUT2D eigenvalue weighted by Gasteiger charge is -2.07. The van der Waals surface area contributed by atoms with Crippen molar-refractivity contribution in [1.29, 1.82) is 0 Å². The molecule has 1 nitrogen and oxygen atoms in total. The van der Waals surface area contributed by atoms with Crippen LogP contribution in [0.4, 0.5) is 13.2 Å². The van der Waals surface area contributed by atoms with Gasteiger partial charge in [-0.25, -0.2) is 0 Å². The highest BCUT2D eigenvalue weighted by atomic mass is 32.2. The van der Waals surface area contributed by atoms with Crippen molar-refractivity contribution in [3.05, 3.63) is 29.8 Å². The normalized spacial score (nSPS) is 11.7. The zero-order valence-electron chi connectivity index (χ0n) is 8.05. The van der Waals surface area contributed by atoms with Crippen molar-refractivity contribution in [2.45, 2.75) is 23.2 Å². The average molecular weight is 235 g/mol. The van der Waals surface area contributed by atoms with E-state index in [1.54, 1.807) is 12.1 Å². The monoisotopic (exact) mass is 235 g/mol. The molecule has 0 amide bonds. The highest BCUT2D eigenvalue weighted by Crippen LogP contribution is 2.36. The fraction of sp³-hybridized carbons (Fsp3) is 0.400. The first-order chi connectivity index (χ1) is 7.01. The van der Waals surface area contributed by atoms with E-state index in [-0.39, 0.29) is 16.7 Å². The predicted molar refractivity (Wildman–Crippen MR) is 55.7 cm³/mol. The van der Waals surface area contributed by atoms with Crippen molar-refractivity contribution in [1.82, 2.24) is 0 Å². The molecule has 0 unspecified atom stereocenters. The highest BCUT2D eigenvalue weighted by Gasteiger charge is 2.29. The molecule has 0 heterocycles. The zero-order valence-corrected chi connectivity index (χ0v) is 8.87. The average Bonchev–Trinajstić information content (AvgIpc) is 2.12. The third-order valence-corrected chi connectivity index (χ3v) is 2.52. The number of nitrogens with two attached hydrogens (primary N) is 1. The van der Waals surface area contributed by atoms with E-state index in [1.165, 1.54) is 6.07 Å². The molecule has 0 bridgehead atoms. The van der Waals surface area contributed by atoms with Gasteiger partial charge in [-0.3, -0.25) is 0 Å². The Morgan fingerprint density at radius 3 is 2.60 bits per heavy atom. The van der Waals surface area contributed by atoms with E-state index in [2.05, 4.69) is 0 Å². The predicted octanol–water partition coefficient (Wildman–Crippen LogP) is 3.19. The summed E-state index contributed by atoms with van der Waals surface area (Å²) < 4.78 is 36.2. The minimum absolute atomic E-state index is 0.0829. The Morgan fingerprint density at radius 1 is 1.27 bits per heavy atom. The Labute approximate surface area is 90.9 Å². The first-order valence-electron chi connectivity index (χ1n) is 4.56. The van der Waals surface area contributed by atoms with Crippen molar-refractivity contribution in [3.8, 4) is 0 Å². The minimum atomic E-state index is -4.22. The van der Waals surface area contributed by atoms with Gasteiger partial charge >= 0.3 is 5.51 Å². The van der Waals surface area contributed by atoms with E-state index in [1.807, 2.05) is 6.07 Å². The van der Waals surface area contributed by atoms with Crippen LogP contribution >= 0.6 is 11.8 Å². The second kappa shape index (κ2) is 5.42. The van der Waals surface area contributed by atoms with Gasteiger partial charge < -0.3 is 5.73 Å². The van der Waals surface area contributed by atoms with Gasteiger partial charge in [0.1, 0.15) is 0 Å². The lowest BCUT2D eigenvalue weighted by atomic mass is 10.1. The van der Waals surface area contributed by atoms with Crippen molar-refractivity contribution < 1.29 is 13.2 Å². The third kappa shape index (κ3) is 5.09. The van der Waals surface area contributed by atoms with Crippen LogP contribution in [-0.2, 0) is 6.42 Å². The van der Waals surface area contributed by atoms with Crippen molar-refractivity contribution in [2.75, 3.05) is 6.54 Å². The molecule has 0 saturated heterocycles. The molecule has 5 heteroatoms. The maximum absolute atomic E-state index is 12.1. The molecule has 1 aromatic rings. The number of hydrogen-bond donors (Lipinski definition) is 1. The fourth-order valence-electron chi connectivity index (χ4n) is 1.20. The summed E-state index contributed by atoms with van der Waals surface area (Å²) in [5.41, 5.74) is 2.01. The molecule has 0 saturated carbocycles. The summed E-state index contributed by atoms with van der Waals surface area (Å²) in [4.78, 5) is 0.233. The fourth-order valence-corrected chi connectivity index (χ4v) is 1.83. The van der Waals surface area contributed by atoms with Crippen LogP contribution in [0.5, 0.6) is 0 Å². The summed E-state index contributed by atoms with van der Waals surface area (Å²) in [5, 5.41) is 0. The van der Waals surface area contributed by atoms with Gasteiger partial charge in [0.25, 0.3) is 0 Å². The molecule has 0 radical (unpaired) electrons. The Hall–Kier alpha value is -0.680. The van der Waals surface area contributed by atoms with Crippen LogP contribution in [0, 0.1) is 0 Å². The summed E-state index contributed by atoms with van der Waals surface area (Å²) in [7, 11) is 0.